The van der Waals surface area contributed by atoms with Crippen LogP contribution in [-0.4, -0.2) is 16.2 Å². The van der Waals surface area contributed by atoms with E-state index < -0.39 is 0 Å². The van der Waals surface area contributed by atoms with E-state index in [1.54, 1.807) is 0 Å². The normalized spacial score (nSPS) is 13.6. The second-order valence-electron chi connectivity index (χ2n) is 3.49. The summed E-state index contributed by atoms with van der Waals surface area (Å²) in [6.07, 6.45) is 0. The molecule has 0 aliphatic carbocycles. The fraction of sp³-hybridized carbons (Fsp3) is 0.182. The summed E-state index contributed by atoms with van der Waals surface area (Å²) in [6, 6.07) is 10.5. The minimum atomic E-state index is 0.631. The zero-order valence-electron chi connectivity index (χ0n) is 8.18. The molecular formula is C11H11N3O. The molecule has 1 aromatic carbocycles. The first-order chi connectivity index (χ1) is 7.36. The van der Waals surface area contributed by atoms with E-state index in [4.69, 9.17) is 10.5 Å². The summed E-state index contributed by atoms with van der Waals surface area (Å²) in [5, 5.41) is 0. The molecule has 2 aromatic rings. The van der Waals surface area contributed by atoms with Gasteiger partial charge in [-0.3, -0.25) is 4.57 Å². The van der Waals surface area contributed by atoms with Crippen molar-refractivity contribution in [3.05, 3.63) is 30.3 Å². The topological polar surface area (TPSA) is 53.1 Å². The highest BCUT2D eigenvalue weighted by molar-refractivity contribution is 5.71. The number of rotatable bonds is 1. The van der Waals surface area contributed by atoms with Gasteiger partial charge in [0.1, 0.15) is 18.1 Å². The van der Waals surface area contributed by atoms with Gasteiger partial charge in [-0.25, -0.2) is 0 Å². The number of hydrogen-bond acceptors (Lipinski definition) is 3. The fourth-order valence-corrected chi connectivity index (χ4v) is 1.81. The molecule has 3 rings (SSSR count). The number of hydrogen-bond donors (Lipinski definition) is 1. The summed E-state index contributed by atoms with van der Waals surface area (Å²) >= 11 is 0. The SMILES string of the molecule is Nc1c(-c2ccccc2)nc2n1CCO2. The summed E-state index contributed by atoms with van der Waals surface area (Å²) in [7, 11) is 0. The molecule has 1 aliphatic rings. The molecule has 2 heterocycles. The third-order valence-corrected chi connectivity index (χ3v) is 2.57. The molecule has 2 N–H and O–H groups in total. The van der Waals surface area contributed by atoms with Crippen molar-refractivity contribution in [1.29, 1.82) is 0 Å². The van der Waals surface area contributed by atoms with Crippen molar-refractivity contribution in [2.45, 2.75) is 6.54 Å². The molecular weight excluding hydrogens is 190 g/mol. The highest BCUT2D eigenvalue weighted by Crippen LogP contribution is 2.31. The quantitative estimate of drug-likeness (QED) is 0.761. The average molecular weight is 201 g/mol. The lowest BCUT2D eigenvalue weighted by molar-refractivity contribution is 0.345. The Kier molecular flexibility index (Phi) is 1.68. The van der Waals surface area contributed by atoms with E-state index in [1.165, 1.54) is 0 Å². The van der Waals surface area contributed by atoms with Crippen LogP contribution in [0.5, 0.6) is 6.01 Å². The second-order valence-corrected chi connectivity index (χ2v) is 3.49. The predicted molar refractivity (Wildman–Crippen MR) is 57.6 cm³/mol. The Morgan fingerprint density at radius 1 is 1.27 bits per heavy atom. The van der Waals surface area contributed by atoms with Gasteiger partial charge in [0, 0.05) is 5.56 Å². The van der Waals surface area contributed by atoms with Crippen molar-refractivity contribution in [2.24, 2.45) is 0 Å². The van der Waals surface area contributed by atoms with Gasteiger partial charge in [0.2, 0.25) is 0 Å². The van der Waals surface area contributed by atoms with Gasteiger partial charge < -0.3 is 10.5 Å². The molecule has 0 spiro atoms. The minimum Gasteiger partial charge on any atom is -0.463 e. The van der Waals surface area contributed by atoms with E-state index in [0.29, 0.717) is 18.4 Å². The standard InChI is InChI=1S/C11H11N3O/c12-10-9(8-4-2-1-3-5-8)13-11-14(10)6-7-15-11/h1-5H,6-7,12H2. The average Bonchev–Trinajstić information content (AvgIpc) is 2.83. The summed E-state index contributed by atoms with van der Waals surface area (Å²) in [4.78, 5) is 4.38. The first-order valence-corrected chi connectivity index (χ1v) is 4.90. The molecule has 1 aliphatic heterocycles. The Morgan fingerprint density at radius 3 is 2.80 bits per heavy atom. The van der Waals surface area contributed by atoms with E-state index in [9.17, 15) is 0 Å². The van der Waals surface area contributed by atoms with Crippen molar-refractivity contribution < 1.29 is 4.74 Å². The van der Waals surface area contributed by atoms with E-state index in [1.807, 2.05) is 34.9 Å². The number of imidazole rings is 1. The molecule has 0 unspecified atom stereocenters. The van der Waals surface area contributed by atoms with Crippen LogP contribution in [0, 0.1) is 0 Å². The molecule has 0 saturated heterocycles. The van der Waals surface area contributed by atoms with Gasteiger partial charge in [-0.05, 0) is 0 Å². The van der Waals surface area contributed by atoms with Gasteiger partial charge in [-0.15, -0.1) is 0 Å². The molecule has 0 bridgehead atoms. The summed E-state index contributed by atoms with van der Waals surface area (Å²) in [5.41, 5.74) is 7.85. The molecule has 15 heavy (non-hydrogen) atoms. The number of anilines is 1. The Morgan fingerprint density at radius 2 is 2.07 bits per heavy atom. The highest BCUT2D eigenvalue weighted by Gasteiger charge is 2.20. The van der Waals surface area contributed by atoms with E-state index >= 15 is 0 Å². The van der Waals surface area contributed by atoms with Crippen LogP contribution < -0.4 is 10.5 Å². The summed E-state index contributed by atoms with van der Waals surface area (Å²) in [6.45, 7) is 1.46. The van der Waals surface area contributed by atoms with Gasteiger partial charge in [0.05, 0.1) is 6.54 Å². The van der Waals surface area contributed by atoms with Crippen LogP contribution in [0.2, 0.25) is 0 Å². The maximum absolute atomic E-state index is 6.01. The van der Waals surface area contributed by atoms with E-state index in [0.717, 1.165) is 17.8 Å². The van der Waals surface area contributed by atoms with Crippen LogP contribution in [0.15, 0.2) is 30.3 Å². The molecule has 4 nitrogen and oxygen atoms in total. The Labute approximate surface area is 87.3 Å². The lowest BCUT2D eigenvalue weighted by Crippen LogP contribution is -2.00. The summed E-state index contributed by atoms with van der Waals surface area (Å²) in [5.74, 6) is 0.689. The van der Waals surface area contributed by atoms with Gasteiger partial charge in [0.25, 0.3) is 6.01 Å². The van der Waals surface area contributed by atoms with Gasteiger partial charge in [0.15, 0.2) is 0 Å². The monoisotopic (exact) mass is 201 g/mol. The maximum Gasteiger partial charge on any atom is 0.298 e. The van der Waals surface area contributed by atoms with Crippen molar-refractivity contribution in [3.8, 4) is 17.3 Å². The third-order valence-electron chi connectivity index (χ3n) is 2.57. The first-order valence-electron chi connectivity index (χ1n) is 4.90. The number of fused-ring (bicyclic) bond motifs is 1. The Bertz CT molecular complexity index is 490. The number of ether oxygens (including phenoxy) is 1. The van der Waals surface area contributed by atoms with Crippen LogP contribution in [0.4, 0.5) is 5.82 Å². The first kappa shape index (κ1) is 8.35. The molecule has 4 heteroatoms. The van der Waals surface area contributed by atoms with Gasteiger partial charge >= 0.3 is 0 Å². The maximum atomic E-state index is 6.01. The van der Waals surface area contributed by atoms with Crippen molar-refractivity contribution in [3.63, 3.8) is 0 Å². The van der Waals surface area contributed by atoms with Crippen molar-refractivity contribution in [2.75, 3.05) is 12.3 Å². The Hall–Kier alpha value is -1.97. The van der Waals surface area contributed by atoms with Crippen LogP contribution >= 0.6 is 0 Å². The van der Waals surface area contributed by atoms with Gasteiger partial charge in [-0.2, -0.15) is 4.98 Å². The second kappa shape index (κ2) is 3.02. The number of nitrogens with zero attached hydrogens (tertiary/aromatic N) is 2. The number of benzene rings is 1. The predicted octanol–water partition coefficient (Wildman–Crippen LogP) is 1.52. The number of nitrogens with two attached hydrogens (primary N) is 1. The van der Waals surface area contributed by atoms with E-state index in [2.05, 4.69) is 4.98 Å². The number of aromatic nitrogens is 2. The molecule has 0 radical (unpaired) electrons. The zero-order chi connectivity index (χ0) is 10.3. The third kappa shape index (κ3) is 1.18. The van der Waals surface area contributed by atoms with Crippen LogP contribution in [-0.2, 0) is 6.54 Å². The molecule has 0 saturated carbocycles. The minimum absolute atomic E-state index is 0.631. The van der Waals surface area contributed by atoms with Crippen LogP contribution in [0.25, 0.3) is 11.3 Å². The largest absolute Gasteiger partial charge is 0.463 e. The fourth-order valence-electron chi connectivity index (χ4n) is 1.81. The molecule has 0 fully saturated rings. The smallest absolute Gasteiger partial charge is 0.298 e. The lowest BCUT2D eigenvalue weighted by Gasteiger charge is -2.00. The molecule has 0 atom stereocenters. The van der Waals surface area contributed by atoms with E-state index in [-0.39, 0.29) is 0 Å². The Balaban J connectivity index is 2.14. The molecule has 1 aromatic heterocycles. The number of nitrogen functional groups attached to an aromatic ring is 1. The molecule has 0 amide bonds. The van der Waals surface area contributed by atoms with Crippen molar-refractivity contribution >= 4 is 5.82 Å². The van der Waals surface area contributed by atoms with Crippen LogP contribution in [0.3, 0.4) is 0 Å². The van der Waals surface area contributed by atoms with Crippen molar-refractivity contribution in [1.82, 2.24) is 9.55 Å². The van der Waals surface area contributed by atoms with Crippen LogP contribution in [0.1, 0.15) is 0 Å². The summed E-state index contributed by atoms with van der Waals surface area (Å²) < 4.78 is 7.26. The molecule has 76 valence electrons. The zero-order valence-corrected chi connectivity index (χ0v) is 8.18. The lowest BCUT2D eigenvalue weighted by atomic mass is 10.1. The highest BCUT2D eigenvalue weighted by atomic mass is 16.5. The van der Waals surface area contributed by atoms with Gasteiger partial charge in [-0.1, -0.05) is 30.3 Å².